The van der Waals surface area contributed by atoms with Gasteiger partial charge in [0.15, 0.2) is 0 Å². The van der Waals surface area contributed by atoms with Crippen molar-refractivity contribution >= 4 is 5.91 Å². The highest BCUT2D eigenvalue weighted by Crippen LogP contribution is 2.12. The molecule has 0 saturated heterocycles. The zero-order valence-corrected chi connectivity index (χ0v) is 13.2. The van der Waals surface area contributed by atoms with Gasteiger partial charge < -0.3 is 5.32 Å². The summed E-state index contributed by atoms with van der Waals surface area (Å²) in [5.74, 6) is 0.0727. The van der Waals surface area contributed by atoms with E-state index in [1.165, 1.54) is 11.3 Å². The number of hydrogen-bond donors (Lipinski definition) is 1. The molecule has 0 aliphatic rings. The molecular weight excluding hydrogens is 262 g/mol. The summed E-state index contributed by atoms with van der Waals surface area (Å²) in [5, 5.41) is 7.39. The first kappa shape index (κ1) is 15.3. The summed E-state index contributed by atoms with van der Waals surface area (Å²) in [6.07, 6.45) is 1.27. The Morgan fingerprint density at radius 2 is 1.95 bits per heavy atom. The van der Waals surface area contributed by atoms with Crippen LogP contribution in [-0.2, 0) is 24.7 Å². The van der Waals surface area contributed by atoms with Gasteiger partial charge in [-0.25, -0.2) is 0 Å². The topological polar surface area (TPSA) is 46.9 Å². The molecule has 0 radical (unpaired) electrons. The number of benzene rings is 1. The van der Waals surface area contributed by atoms with Crippen LogP contribution in [-0.4, -0.2) is 22.2 Å². The van der Waals surface area contributed by atoms with Crippen LogP contribution < -0.4 is 5.32 Å². The van der Waals surface area contributed by atoms with Crippen LogP contribution in [0, 0.1) is 20.8 Å². The van der Waals surface area contributed by atoms with Crippen molar-refractivity contribution in [2.45, 2.75) is 33.6 Å². The lowest BCUT2D eigenvalue weighted by Crippen LogP contribution is -2.27. The maximum atomic E-state index is 12.0. The number of aryl methyl sites for hydroxylation is 3. The third-order valence-corrected chi connectivity index (χ3v) is 3.97. The van der Waals surface area contributed by atoms with E-state index in [1.807, 2.05) is 49.8 Å². The summed E-state index contributed by atoms with van der Waals surface area (Å²) in [4.78, 5) is 12.0. The van der Waals surface area contributed by atoms with Crippen molar-refractivity contribution in [2.75, 3.05) is 6.54 Å². The number of nitrogens with one attached hydrogen (secondary N) is 1. The minimum Gasteiger partial charge on any atom is -0.355 e. The molecule has 2 aromatic rings. The third kappa shape index (κ3) is 3.72. The predicted molar refractivity (Wildman–Crippen MR) is 84.3 cm³/mol. The summed E-state index contributed by atoms with van der Waals surface area (Å²) < 4.78 is 1.89. The molecule has 0 bridgehead atoms. The van der Waals surface area contributed by atoms with E-state index in [0.29, 0.717) is 13.0 Å². The summed E-state index contributed by atoms with van der Waals surface area (Å²) in [5.41, 5.74) is 5.69. The fourth-order valence-corrected chi connectivity index (χ4v) is 2.55. The fourth-order valence-electron chi connectivity index (χ4n) is 2.55. The van der Waals surface area contributed by atoms with Gasteiger partial charge in [0, 0.05) is 19.3 Å². The molecule has 0 fully saturated rings. The van der Waals surface area contributed by atoms with Gasteiger partial charge in [0.2, 0.25) is 5.91 Å². The molecule has 2 rings (SSSR count). The van der Waals surface area contributed by atoms with Crippen LogP contribution in [0.1, 0.15) is 28.1 Å². The first-order valence-electron chi connectivity index (χ1n) is 7.29. The summed E-state index contributed by atoms with van der Waals surface area (Å²) >= 11 is 0. The SMILES string of the molecule is Cc1ccccc1CC(=O)NCCc1c(C)nn(C)c1C. The summed E-state index contributed by atoms with van der Waals surface area (Å²) in [7, 11) is 1.95. The minimum absolute atomic E-state index is 0.0727. The number of hydrogen-bond acceptors (Lipinski definition) is 2. The number of carbonyl (C=O) groups is 1. The van der Waals surface area contributed by atoms with Crippen LogP contribution in [0.4, 0.5) is 0 Å². The predicted octanol–water partition coefficient (Wildman–Crippen LogP) is 2.25. The summed E-state index contributed by atoms with van der Waals surface area (Å²) in [6, 6.07) is 8.00. The van der Waals surface area contributed by atoms with Crippen LogP contribution in [0.3, 0.4) is 0 Å². The second kappa shape index (κ2) is 6.57. The Bertz CT molecular complexity index is 643. The number of amides is 1. The van der Waals surface area contributed by atoms with E-state index in [0.717, 1.165) is 23.2 Å². The van der Waals surface area contributed by atoms with Crippen molar-refractivity contribution in [2.24, 2.45) is 7.05 Å². The molecular formula is C17H23N3O. The quantitative estimate of drug-likeness (QED) is 0.916. The molecule has 112 valence electrons. The Balaban J connectivity index is 1.86. The van der Waals surface area contributed by atoms with Gasteiger partial charge in [0.25, 0.3) is 0 Å². The van der Waals surface area contributed by atoms with Gasteiger partial charge in [-0.05, 0) is 43.9 Å². The zero-order chi connectivity index (χ0) is 15.4. The Kier molecular flexibility index (Phi) is 4.78. The molecule has 1 amide bonds. The van der Waals surface area contributed by atoms with Crippen molar-refractivity contribution in [1.82, 2.24) is 15.1 Å². The Morgan fingerprint density at radius 3 is 2.57 bits per heavy atom. The molecule has 1 aromatic carbocycles. The first-order chi connectivity index (χ1) is 9.99. The molecule has 4 nitrogen and oxygen atoms in total. The lowest BCUT2D eigenvalue weighted by molar-refractivity contribution is -0.120. The lowest BCUT2D eigenvalue weighted by atomic mass is 10.1. The minimum atomic E-state index is 0.0727. The van der Waals surface area contributed by atoms with Crippen molar-refractivity contribution < 1.29 is 4.79 Å². The van der Waals surface area contributed by atoms with Crippen LogP contribution in [0.2, 0.25) is 0 Å². The van der Waals surface area contributed by atoms with Crippen LogP contribution in [0.25, 0.3) is 0 Å². The van der Waals surface area contributed by atoms with Gasteiger partial charge in [-0.1, -0.05) is 24.3 Å². The average Bonchev–Trinajstić information content (AvgIpc) is 2.68. The smallest absolute Gasteiger partial charge is 0.224 e. The largest absolute Gasteiger partial charge is 0.355 e. The van der Waals surface area contributed by atoms with E-state index < -0.39 is 0 Å². The lowest BCUT2D eigenvalue weighted by Gasteiger charge is -2.07. The number of rotatable bonds is 5. The van der Waals surface area contributed by atoms with E-state index in [9.17, 15) is 4.79 Å². The number of carbonyl (C=O) groups excluding carboxylic acids is 1. The number of nitrogens with zero attached hydrogens (tertiary/aromatic N) is 2. The van der Waals surface area contributed by atoms with E-state index in [4.69, 9.17) is 0 Å². The molecule has 4 heteroatoms. The molecule has 0 saturated carbocycles. The van der Waals surface area contributed by atoms with E-state index in [1.54, 1.807) is 0 Å². The second-order valence-corrected chi connectivity index (χ2v) is 5.48. The molecule has 21 heavy (non-hydrogen) atoms. The van der Waals surface area contributed by atoms with Crippen molar-refractivity contribution in [3.8, 4) is 0 Å². The Hall–Kier alpha value is -2.10. The van der Waals surface area contributed by atoms with Crippen molar-refractivity contribution in [3.63, 3.8) is 0 Å². The highest BCUT2D eigenvalue weighted by molar-refractivity contribution is 5.78. The van der Waals surface area contributed by atoms with Gasteiger partial charge >= 0.3 is 0 Å². The molecule has 0 aliphatic heterocycles. The molecule has 0 atom stereocenters. The molecule has 0 spiro atoms. The van der Waals surface area contributed by atoms with Gasteiger partial charge in [0.05, 0.1) is 12.1 Å². The normalized spacial score (nSPS) is 10.7. The highest BCUT2D eigenvalue weighted by atomic mass is 16.1. The monoisotopic (exact) mass is 285 g/mol. The molecule has 0 unspecified atom stereocenters. The first-order valence-corrected chi connectivity index (χ1v) is 7.29. The maximum absolute atomic E-state index is 12.0. The number of aromatic nitrogens is 2. The molecule has 1 heterocycles. The van der Waals surface area contributed by atoms with Gasteiger partial charge in [-0.3, -0.25) is 9.48 Å². The zero-order valence-electron chi connectivity index (χ0n) is 13.2. The van der Waals surface area contributed by atoms with Crippen LogP contribution >= 0.6 is 0 Å². The standard InChI is InChI=1S/C17H23N3O/c1-12-7-5-6-8-15(12)11-17(21)18-10-9-16-13(2)19-20(4)14(16)3/h5-8H,9-11H2,1-4H3,(H,18,21). The van der Waals surface area contributed by atoms with Crippen LogP contribution in [0.5, 0.6) is 0 Å². The highest BCUT2D eigenvalue weighted by Gasteiger charge is 2.10. The van der Waals surface area contributed by atoms with Gasteiger partial charge in [0.1, 0.15) is 0 Å². The Labute approximate surface area is 126 Å². The average molecular weight is 285 g/mol. The van der Waals surface area contributed by atoms with Crippen molar-refractivity contribution in [3.05, 3.63) is 52.3 Å². The van der Waals surface area contributed by atoms with E-state index >= 15 is 0 Å². The van der Waals surface area contributed by atoms with Gasteiger partial charge in [-0.2, -0.15) is 5.10 Å². The third-order valence-electron chi connectivity index (χ3n) is 3.97. The second-order valence-electron chi connectivity index (χ2n) is 5.48. The molecule has 1 N–H and O–H groups in total. The summed E-state index contributed by atoms with van der Waals surface area (Å²) in [6.45, 7) is 6.75. The Morgan fingerprint density at radius 1 is 1.24 bits per heavy atom. The molecule has 1 aromatic heterocycles. The van der Waals surface area contributed by atoms with Crippen LogP contribution in [0.15, 0.2) is 24.3 Å². The van der Waals surface area contributed by atoms with E-state index in [-0.39, 0.29) is 5.91 Å². The van der Waals surface area contributed by atoms with Gasteiger partial charge in [-0.15, -0.1) is 0 Å². The van der Waals surface area contributed by atoms with E-state index in [2.05, 4.69) is 17.3 Å². The molecule has 0 aliphatic carbocycles. The van der Waals surface area contributed by atoms with Crippen molar-refractivity contribution in [1.29, 1.82) is 0 Å². The fraction of sp³-hybridized carbons (Fsp3) is 0.412. The maximum Gasteiger partial charge on any atom is 0.224 e.